The van der Waals surface area contributed by atoms with Crippen LogP contribution in [-0.4, -0.2) is 6.04 Å². The molecule has 192 valence electrons. The standard InChI is InChI=1S/C31H58N2/c1-4-6-8-10-12-14-16-18-20-28(3)22-25-30(33-31-26-23-29(32)24-27-31)21-19-17-15-13-11-9-7-5-2/h23-24,26-28,30,33H,4-22,25,32H2,1-3H3. The maximum atomic E-state index is 5.88. The second-order valence-corrected chi connectivity index (χ2v) is 10.7. The van der Waals surface area contributed by atoms with Crippen LogP contribution in [0, 0.1) is 5.92 Å². The van der Waals surface area contributed by atoms with E-state index in [-0.39, 0.29) is 0 Å². The number of rotatable bonds is 23. The monoisotopic (exact) mass is 458 g/mol. The third kappa shape index (κ3) is 17.9. The van der Waals surface area contributed by atoms with Gasteiger partial charge in [0.15, 0.2) is 0 Å². The van der Waals surface area contributed by atoms with E-state index in [4.69, 9.17) is 5.73 Å². The lowest BCUT2D eigenvalue weighted by molar-refractivity contribution is 0.416. The van der Waals surface area contributed by atoms with E-state index in [0.29, 0.717) is 6.04 Å². The molecule has 2 nitrogen and oxygen atoms in total. The van der Waals surface area contributed by atoms with E-state index in [1.807, 2.05) is 12.1 Å². The van der Waals surface area contributed by atoms with E-state index in [9.17, 15) is 0 Å². The molecule has 2 unspecified atom stereocenters. The van der Waals surface area contributed by atoms with Crippen molar-refractivity contribution < 1.29 is 0 Å². The van der Waals surface area contributed by atoms with Crippen LogP contribution in [0.1, 0.15) is 149 Å². The van der Waals surface area contributed by atoms with E-state index in [0.717, 1.165) is 11.6 Å². The largest absolute Gasteiger partial charge is 0.399 e. The first-order chi connectivity index (χ1) is 16.2. The van der Waals surface area contributed by atoms with Crippen molar-refractivity contribution in [2.45, 2.75) is 155 Å². The maximum absolute atomic E-state index is 5.88. The van der Waals surface area contributed by atoms with Crippen molar-refractivity contribution >= 4 is 11.4 Å². The van der Waals surface area contributed by atoms with Crippen molar-refractivity contribution in [2.75, 3.05) is 11.1 Å². The number of nitrogens with two attached hydrogens (primary N) is 1. The third-order valence-electron chi connectivity index (χ3n) is 7.25. The van der Waals surface area contributed by atoms with Gasteiger partial charge in [0, 0.05) is 17.4 Å². The van der Waals surface area contributed by atoms with Gasteiger partial charge in [0.05, 0.1) is 0 Å². The molecule has 0 fully saturated rings. The molecular weight excluding hydrogens is 400 g/mol. The first-order valence-corrected chi connectivity index (χ1v) is 14.8. The number of nitrogen functional groups attached to an aromatic ring is 1. The molecule has 1 rings (SSSR count). The third-order valence-corrected chi connectivity index (χ3v) is 7.25. The van der Waals surface area contributed by atoms with E-state index in [1.54, 1.807) is 0 Å². The zero-order valence-electron chi connectivity index (χ0n) is 22.7. The Kier molecular flexibility index (Phi) is 19.3. The van der Waals surface area contributed by atoms with Gasteiger partial charge in [-0.25, -0.2) is 0 Å². The molecule has 2 atom stereocenters. The molecule has 0 aliphatic carbocycles. The van der Waals surface area contributed by atoms with Crippen LogP contribution in [0.2, 0.25) is 0 Å². The molecule has 0 saturated carbocycles. The average molecular weight is 459 g/mol. The van der Waals surface area contributed by atoms with E-state index in [2.05, 4.69) is 38.2 Å². The Balaban J connectivity index is 2.26. The first kappa shape index (κ1) is 29.9. The summed E-state index contributed by atoms with van der Waals surface area (Å²) in [6, 6.07) is 8.90. The summed E-state index contributed by atoms with van der Waals surface area (Å²) in [5, 5.41) is 3.83. The minimum atomic E-state index is 0.592. The smallest absolute Gasteiger partial charge is 0.0343 e. The lowest BCUT2D eigenvalue weighted by Crippen LogP contribution is -2.20. The molecule has 0 heterocycles. The zero-order chi connectivity index (χ0) is 24.0. The molecule has 1 aromatic carbocycles. The summed E-state index contributed by atoms with van der Waals surface area (Å²) < 4.78 is 0. The van der Waals surface area contributed by atoms with Gasteiger partial charge in [-0.1, -0.05) is 130 Å². The van der Waals surface area contributed by atoms with Gasteiger partial charge in [-0.2, -0.15) is 0 Å². The van der Waals surface area contributed by atoms with Gasteiger partial charge in [0.25, 0.3) is 0 Å². The van der Waals surface area contributed by atoms with Crippen molar-refractivity contribution in [3.05, 3.63) is 24.3 Å². The Morgan fingerprint density at radius 1 is 0.576 bits per heavy atom. The molecule has 0 radical (unpaired) electrons. The lowest BCUT2D eigenvalue weighted by atomic mass is 9.93. The molecule has 0 aromatic heterocycles. The molecule has 0 bridgehead atoms. The van der Waals surface area contributed by atoms with E-state index < -0.39 is 0 Å². The fourth-order valence-electron chi connectivity index (χ4n) is 4.89. The SMILES string of the molecule is CCCCCCCCCCC(C)CCC(CCCCCCCCCC)Nc1ccc(N)cc1. The van der Waals surface area contributed by atoms with Crippen LogP contribution < -0.4 is 11.1 Å². The first-order valence-electron chi connectivity index (χ1n) is 14.8. The second kappa shape index (κ2) is 21.4. The van der Waals surface area contributed by atoms with Crippen LogP contribution >= 0.6 is 0 Å². The van der Waals surface area contributed by atoms with Crippen LogP contribution in [0.5, 0.6) is 0 Å². The van der Waals surface area contributed by atoms with E-state index in [1.165, 1.54) is 134 Å². The van der Waals surface area contributed by atoms with Gasteiger partial charge in [0.1, 0.15) is 0 Å². The Bertz CT molecular complexity index is 524. The van der Waals surface area contributed by atoms with Crippen LogP contribution in [0.4, 0.5) is 11.4 Å². The van der Waals surface area contributed by atoms with Crippen LogP contribution in [-0.2, 0) is 0 Å². The quantitative estimate of drug-likeness (QED) is 0.126. The molecule has 33 heavy (non-hydrogen) atoms. The second-order valence-electron chi connectivity index (χ2n) is 10.7. The highest BCUT2D eigenvalue weighted by atomic mass is 14.9. The molecule has 0 aliphatic rings. The summed E-state index contributed by atoms with van der Waals surface area (Å²) in [6.45, 7) is 7.06. The molecule has 0 saturated heterocycles. The Morgan fingerprint density at radius 3 is 1.55 bits per heavy atom. The highest BCUT2D eigenvalue weighted by Crippen LogP contribution is 2.22. The number of hydrogen-bond acceptors (Lipinski definition) is 2. The van der Waals surface area contributed by atoms with Crippen LogP contribution in [0.25, 0.3) is 0 Å². The summed E-state index contributed by atoms with van der Waals surface area (Å²) >= 11 is 0. The summed E-state index contributed by atoms with van der Waals surface area (Å²) in [4.78, 5) is 0. The van der Waals surface area contributed by atoms with Gasteiger partial charge in [0.2, 0.25) is 0 Å². The van der Waals surface area contributed by atoms with Crippen LogP contribution in [0.3, 0.4) is 0 Å². The molecule has 0 amide bonds. The van der Waals surface area contributed by atoms with Crippen molar-refractivity contribution in [2.24, 2.45) is 5.92 Å². The number of hydrogen-bond donors (Lipinski definition) is 2. The maximum Gasteiger partial charge on any atom is 0.0343 e. The van der Waals surface area contributed by atoms with Crippen molar-refractivity contribution in [1.29, 1.82) is 0 Å². The van der Waals surface area contributed by atoms with Gasteiger partial charge in [-0.15, -0.1) is 0 Å². The fourth-order valence-corrected chi connectivity index (χ4v) is 4.89. The summed E-state index contributed by atoms with van der Waals surface area (Å²) in [6.07, 6.45) is 27.9. The topological polar surface area (TPSA) is 38.0 Å². The highest BCUT2D eigenvalue weighted by Gasteiger charge is 2.11. The molecule has 2 heteroatoms. The molecule has 0 aliphatic heterocycles. The van der Waals surface area contributed by atoms with Gasteiger partial charge in [-0.3, -0.25) is 0 Å². The summed E-state index contributed by atoms with van der Waals surface area (Å²) in [5.74, 6) is 0.847. The van der Waals surface area contributed by atoms with Gasteiger partial charge >= 0.3 is 0 Å². The summed E-state index contributed by atoms with van der Waals surface area (Å²) in [7, 11) is 0. The van der Waals surface area contributed by atoms with Crippen molar-refractivity contribution in [3.8, 4) is 0 Å². The predicted octanol–water partition coefficient (Wildman–Crippen LogP) is 10.5. The van der Waals surface area contributed by atoms with E-state index >= 15 is 0 Å². The lowest BCUT2D eigenvalue weighted by Gasteiger charge is -2.22. The average Bonchev–Trinajstić information content (AvgIpc) is 2.82. The predicted molar refractivity (Wildman–Crippen MR) is 151 cm³/mol. The van der Waals surface area contributed by atoms with Crippen molar-refractivity contribution in [3.63, 3.8) is 0 Å². The summed E-state index contributed by atoms with van der Waals surface area (Å²) in [5.41, 5.74) is 7.96. The zero-order valence-corrected chi connectivity index (χ0v) is 22.7. The highest BCUT2D eigenvalue weighted by molar-refractivity contribution is 5.51. The molecular formula is C31H58N2. The minimum Gasteiger partial charge on any atom is -0.399 e. The molecule has 3 N–H and O–H groups in total. The Labute approximate surface area is 207 Å². The number of unbranched alkanes of at least 4 members (excludes halogenated alkanes) is 14. The Hall–Kier alpha value is -1.18. The minimum absolute atomic E-state index is 0.592. The molecule has 0 spiro atoms. The number of nitrogens with one attached hydrogen (secondary N) is 1. The van der Waals surface area contributed by atoms with Gasteiger partial charge < -0.3 is 11.1 Å². The Morgan fingerprint density at radius 2 is 1.03 bits per heavy atom. The van der Waals surface area contributed by atoms with Gasteiger partial charge in [-0.05, 0) is 49.4 Å². The number of benzene rings is 1. The fraction of sp³-hybridized carbons (Fsp3) is 0.806. The molecule has 1 aromatic rings. The van der Waals surface area contributed by atoms with Crippen molar-refractivity contribution in [1.82, 2.24) is 0 Å². The number of anilines is 2. The van der Waals surface area contributed by atoms with Crippen LogP contribution in [0.15, 0.2) is 24.3 Å². The normalized spacial score (nSPS) is 13.2.